The van der Waals surface area contributed by atoms with Crippen molar-refractivity contribution in [3.63, 3.8) is 0 Å². The second-order valence-corrected chi connectivity index (χ2v) is 8.16. The summed E-state index contributed by atoms with van der Waals surface area (Å²) >= 11 is 9.65. The van der Waals surface area contributed by atoms with E-state index in [-0.39, 0.29) is 11.8 Å². The zero-order valence-electron chi connectivity index (χ0n) is 17.0. The number of carbonyl (C=O) groups is 2. The van der Waals surface area contributed by atoms with Gasteiger partial charge < -0.3 is 15.4 Å². The maximum Gasteiger partial charge on any atom is 0.259 e. The molecule has 7 heteroatoms. The molecule has 4 rings (SSSR count). The minimum atomic E-state index is -0.334. The number of benzene rings is 4. The standard InChI is InChI=1S/C25H18BrClN2O3/c1-32-23-20(13-15-7-2-3-10-18(15)22(23)26)25(31)29-17-9-6-8-16(14-17)28-24(30)19-11-4-5-12-21(19)27/h2-14H,1H3,(H,28,30)(H,29,31). The smallest absolute Gasteiger partial charge is 0.259 e. The SMILES string of the molecule is COc1c(C(=O)Nc2cccc(NC(=O)c3ccccc3Cl)c2)cc2ccccc2c1Br. The van der Waals surface area contributed by atoms with Crippen LogP contribution in [-0.4, -0.2) is 18.9 Å². The van der Waals surface area contributed by atoms with E-state index in [1.165, 1.54) is 7.11 Å². The average molecular weight is 510 g/mol. The van der Waals surface area contributed by atoms with Crippen molar-refractivity contribution in [2.45, 2.75) is 0 Å². The molecule has 0 atom stereocenters. The van der Waals surface area contributed by atoms with Crippen molar-refractivity contribution in [1.82, 2.24) is 0 Å². The first-order valence-electron chi connectivity index (χ1n) is 9.70. The van der Waals surface area contributed by atoms with E-state index < -0.39 is 0 Å². The average Bonchev–Trinajstić information content (AvgIpc) is 2.79. The highest BCUT2D eigenvalue weighted by atomic mass is 79.9. The quantitative estimate of drug-likeness (QED) is 0.312. The summed E-state index contributed by atoms with van der Waals surface area (Å²) in [5.74, 6) is -0.216. The highest BCUT2D eigenvalue weighted by Crippen LogP contribution is 2.37. The maximum absolute atomic E-state index is 13.1. The molecule has 0 heterocycles. The molecule has 0 aliphatic heterocycles. The number of halogens is 2. The lowest BCUT2D eigenvalue weighted by atomic mass is 10.0. The number of hydrogen-bond donors (Lipinski definition) is 2. The third-order valence-corrected chi connectivity index (χ3v) is 6.00. The van der Waals surface area contributed by atoms with E-state index >= 15 is 0 Å². The third-order valence-electron chi connectivity index (χ3n) is 4.89. The molecule has 0 saturated heterocycles. The molecule has 2 amide bonds. The number of anilines is 2. The van der Waals surface area contributed by atoms with Gasteiger partial charge >= 0.3 is 0 Å². The van der Waals surface area contributed by atoms with Crippen LogP contribution in [0.25, 0.3) is 10.8 Å². The topological polar surface area (TPSA) is 67.4 Å². The summed E-state index contributed by atoms with van der Waals surface area (Å²) in [6.07, 6.45) is 0. The molecular weight excluding hydrogens is 492 g/mol. The molecule has 0 bridgehead atoms. The van der Waals surface area contributed by atoms with Gasteiger partial charge in [-0.2, -0.15) is 0 Å². The van der Waals surface area contributed by atoms with Gasteiger partial charge in [0.25, 0.3) is 11.8 Å². The van der Waals surface area contributed by atoms with Crippen LogP contribution in [0.4, 0.5) is 11.4 Å². The Labute approximate surface area is 198 Å². The second kappa shape index (κ2) is 9.42. The zero-order chi connectivity index (χ0) is 22.7. The molecule has 160 valence electrons. The first-order chi connectivity index (χ1) is 15.5. The van der Waals surface area contributed by atoms with Crippen LogP contribution in [0.2, 0.25) is 5.02 Å². The van der Waals surface area contributed by atoms with Crippen LogP contribution in [0.5, 0.6) is 5.75 Å². The lowest BCUT2D eigenvalue weighted by Gasteiger charge is -2.14. The molecule has 4 aromatic carbocycles. The second-order valence-electron chi connectivity index (χ2n) is 6.96. The van der Waals surface area contributed by atoms with E-state index in [9.17, 15) is 9.59 Å². The van der Waals surface area contributed by atoms with Gasteiger partial charge in [-0.15, -0.1) is 0 Å². The molecule has 0 fully saturated rings. The lowest BCUT2D eigenvalue weighted by molar-refractivity contribution is 0.101. The van der Waals surface area contributed by atoms with E-state index in [4.69, 9.17) is 16.3 Å². The number of nitrogens with one attached hydrogen (secondary N) is 2. The predicted octanol–water partition coefficient (Wildman–Crippen LogP) is 6.77. The van der Waals surface area contributed by atoms with E-state index in [0.717, 1.165) is 10.8 Å². The predicted molar refractivity (Wildman–Crippen MR) is 132 cm³/mol. The zero-order valence-corrected chi connectivity index (χ0v) is 19.3. The van der Waals surface area contributed by atoms with Gasteiger partial charge in [-0.05, 0) is 63.1 Å². The molecule has 0 spiro atoms. The Hall–Kier alpha value is -3.35. The Balaban J connectivity index is 1.58. The van der Waals surface area contributed by atoms with Crippen LogP contribution in [0.15, 0.2) is 83.3 Å². The fraction of sp³-hybridized carbons (Fsp3) is 0.0400. The van der Waals surface area contributed by atoms with Crippen LogP contribution in [0, 0.1) is 0 Å². The molecule has 0 radical (unpaired) electrons. The van der Waals surface area contributed by atoms with Gasteiger partial charge in [0.1, 0.15) is 5.75 Å². The summed E-state index contributed by atoms with van der Waals surface area (Å²) in [6.45, 7) is 0. The number of carbonyl (C=O) groups excluding carboxylic acids is 2. The number of ether oxygens (including phenoxy) is 1. The molecule has 0 aliphatic rings. The normalized spacial score (nSPS) is 10.6. The fourth-order valence-corrected chi connectivity index (χ4v) is 4.33. The molecule has 0 unspecified atom stereocenters. The van der Waals surface area contributed by atoms with Crippen molar-refractivity contribution in [1.29, 1.82) is 0 Å². The third kappa shape index (κ3) is 4.47. The van der Waals surface area contributed by atoms with E-state index in [1.54, 1.807) is 54.6 Å². The molecule has 4 aromatic rings. The lowest BCUT2D eigenvalue weighted by Crippen LogP contribution is -2.15. The summed E-state index contributed by atoms with van der Waals surface area (Å²) in [5.41, 5.74) is 1.82. The first-order valence-corrected chi connectivity index (χ1v) is 10.9. The van der Waals surface area contributed by atoms with Gasteiger partial charge in [0.05, 0.1) is 27.7 Å². The number of rotatable bonds is 5. The minimum Gasteiger partial charge on any atom is -0.495 e. The molecule has 2 N–H and O–H groups in total. The van der Waals surface area contributed by atoms with Crippen molar-refractivity contribution in [2.75, 3.05) is 17.7 Å². The Bertz CT molecular complexity index is 1340. The first kappa shape index (κ1) is 21.9. The monoisotopic (exact) mass is 508 g/mol. The van der Waals surface area contributed by atoms with Gasteiger partial charge in [-0.1, -0.05) is 54.1 Å². The highest BCUT2D eigenvalue weighted by molar-refractivity contribution is 9.10. The summed E-state index contributed by atoms with van der Waals surface area (Å²) in [5, 5.41) is 7.90. The van der Waals surface area contributed by atoms with Gasteiger partial charge in [-0.25, -0.2) is 0 Å². The van der Waals surface area contributed by atoms with Crippen LogP contribution in [0.1, 0.15) is 20.7 Å². The van der Waals surface area contributed by atoms with Gasteiger partial charge in [0.2, 0.25) is 0 Å². The van der Waals surface area contributed by atoms with Crippen molar-refractivity contribution in [3.05, 3.63) is 99.5 Å². The number of fused-ring (bicyclic) bond motifs is 1. The van der Waals surface area contributed by atoms with Gasteiger partial charge in [0.15, 0.2) is 0 Å². The van der Waals surface area contributed by atoms with Crippen LogP contribution < -0.4 is 15.4 Å². The largest absolute Gasteiger partial charge is 0.495 e. The summed E-state index contributed by atoms with van der Waals surface area (Å²) in [7, 11) is 1.52. The maximum atomic E-state index is 13.1. The molecule has 5 nitrogen and oxygen atoms in total. The fourth-order valence-electron chi connectivity index (χ4n) is 3.37. The molecule has 0 aliphatic carbocycles. The number of hydrogen-bond acceptors (Lipinski definition) is 3. The van der Waals surface area contributed by atoms with Crippen LogP contribution in [-0.2, 0) is 0 Å². The Morgan fingerprint density at radius 1 is 0.812 bits per heavy atom. The summed E-state index contributed by atoms with van der Waals surface area (Å²) in [6, 6.07) is 23.2. The minimum absolute atomic E-state index is 0.331. The van der Waals surface area contributed by atoms with Crippen LogP contribution >= 0.6 is 27.5 Å². The van der Waals surface area contributed by atoms with Gasteiger partial charge in [0, 0.05) is 11.4 Å². The van der Waals surface area contributed by atoms with Crippen LogP contribution in [0.3, 0.4) is 0 Å². The number of methoxy groups -OCH3 is 1. The number of amides is 2. The summed E-state index contributed by atoms with van der Waals surface area (Å²) in [4.78, 5) is 25.6. The van der Waals surface area contributed by atoms with E-state index in [2.05, 4.69) is 26.6 Å². The Morgan fingerprint density at radius 3 is 2.12 bits per heavy atom. The molecule has 0 saturated carbocycles. The molecule has 32 heavy (non-hydrogen) atoms. The highest BCUT2D eigenvalue weighted by Gasteiger charge is 2.18. The van der Waals surface area contributed by atoms with Crippen molar-refractivity contribution >= 4 is 61.5 Å². The van der Waals surface area contributed by atoms with E-state index in [0.29, 0.717) is 37.7 Å². The van der Waals surface area contributed by atoms with Crippen molar-refractivity contribution < 1.29 is 14.3 Å². The van der Waals surface area contributed by atoms with Crippen molar-refractivity contribution in [3.8, 4) is 5.75 Å². The van der Waals surface area contributed by atoms with E-state index in [1.807, 2.05) is 24.3 Å². The van der Waals surface area contributed by atoms with Gasteiger partial charge in [-0.3, -0.25) is 9.59 Å². The Morgan fingerprint density at radius 2 is 1.44 bits per heavy atom. The molecule has 0 aromatic heterocycles. The van der Waals surface area contributed by atoms with Crippen molar-refractivity contribution in [2.24, 2.45) is 0 Å². The Kier molecular flexibility index (Phi) is 6.44. The summed E-state index contributed by atoms with van der Waals surface area (Å²) < 4.78 is 6.21. The molecular formula is C25H18BrClN2O3.